The standard InChI is InChI=1S/C13H23N3O3/c1-5-6-11-14-10(15-19-11)9-16(13(2,3)4)8-7-12(17)18/h5-9H2,1-4H3,(H,17,18). The maximum Gasteiger partial charge on any atom is 0.304 e. The van der Waals surface area contributed by atoms with Crippen molar-refractivity contribution in [2.75, 3.05) is 6.54 Å². The fourth-order valence-corrected chi connectivity index (χ4v) is 1.72. The van der Waals surface area contributed by atoms with Gasteiger partial charge in [0.15, 0.2) is 5.82 Å². The van der Waals surface area contributed by atoms with Gasteiger partial charge in [-0.25, -0.2) is 0 Å². The molecule has 6 heteroatoms. The summed E-state index contributed by atoms with van der Waals surface area (Å²) < 4.78 is 5.14. The Kier molecular flexibility index (Phi) is 5.47. The lowest BCUT2D eigenvalue weighted by Gasteiger charge is -2.34. The summed E-state index contributed by atoms with van der Waals surface area (Å²) in [5.41, 5.74) is -0.138. The lowest BCUT2D eigenvalue weighted by Crippen LogP contribution is -2.42. The molecule has 0 spiro atoms. The van der Waals surface area contributed by atoms with E-state index in [0.29, 0.717) is 24.8 Å². The van der Waals surface area contributed by atoms with Gasteiger partial charge in [-0.3, -0.25) is 9.69 Å². The van der Waals surface area contributed by atoms with Crippen molar-refractivity contribution in [2.24, 2.45) is 0 Å². The Labute approximate surface area is 113 Å². The lowest BCUT2D eigenvalue weighted by molar-refractivity contribution is -0.137. The van der Waals surface area contributed by atoms with Gasteiger partial charge in [0.2, 0.25) is 5.89 Å². The molecule has 0 aliphatic heterocycles. The van der Waals surface area contributed by atoms with E-state index in [9.17, 15) is 4.79 Å². The van der Waals surface area contributed by atoms with Crippen LogP contribution >= 0.6 is 0 Å². The van der Waals surface area contributed by atoms with Gasteiger partial charge < -0.3 is 9.63 Å². The fraction of sp³-hybridized carbons (Fsp3) is 0.769. The van der Waals surface area contributed by atoms with Crippen LogP contribution in [-0.2, 0) is 17.8 Å². The van der Waals surface area contributed by atoms with E-state index in [1.807, 2.05) is 25.7 Å². The van der Waals surface area contributed by atoms with Gasteiger partial charge in [0.25, 0.3) is 0 Å². The minimum Gasteiger partial charge on any atom is -0.481 e. The second kappa shape index (κ2) is 6.65. The second-order valence-corrected chi connectivity index (χ2v) is 5.59. The molecule has 6 nitrogen and oxygen atoms in total. The Morgan fingerprint density at radius 3 is 2.63 bits per heavy atom. The molecule has 1 N–H and O–H groups in total. The van der Waals surface area contributed by atoms with E-state index in [1.165, 1.54) is 0 Å². The van der Waals surface area contributed by atoms with Crippen LogP contribution in [0.5, 0.6) is 0 Å². The maximum absolute atomic E-state index is 10.7. The zero-order valence-corrected chi connectivity index (χ0v) is 12.1. The van der Waals surface area contributed by atoms with Gasteiger partial charge in [0.1, 0.15) is 0 Å². The summed E-state index contributed by atoms with van der Waals surface area (Å²) in [6.07, 6.45) is 1.85. The summed E-state index contributed by atoms with van der Waals surface area (Å²) in [5.74, 6) is 0.461. The Morgan fingerprint density at radius 1 is 1.42 bits per heavy atom. The van der Waals surface area contributed by atoms with Crippen molar-refractivity contribution in [1.82, 2.24) is 15.0 Å². The van der Waals surface area contributed by atoms with E-state index in [4.69, 9.17) is 9.63 Å². The van der Waals surface area contributed by atoms with Crippen molar-refractivity contribution in [1.29, 1.82) is 0 Å². The van der Waals surface area contributed by atoms with Crippen LogP contribution in [0.4, 0.5) is 0 Å². The van der Waals surface area contributed by atoms with Crippen molar-refractivity contribution in [3.05, 3.63) is 11.7 Å². The van der Waals surface area contributed by atoms with Gasteiger partial charge in [-0.2, -0.15) is 4.98 Å². The molecule has 108 valence electrons. The summed E-state index contributed by atoms with van der Waals surface area (Å²) >= 11 is 0. The van der Waals surface area contributed by atoms with Gasteiger partial charge in [-0.1, -0.05) is 12.1 Å². The number of carboxylic acid groups (broad SMARTS) is 1. The highest BCUT2D eigenvalue weighted by Gasteiger charge is 2.23. The van der Waals surface area contributed by atoms with Crippen LogP contribution in [0.2, 0.25) is 0 Å². The highest BCUT2D eigenvalue weighted by Crippen LogP contribution is 2.16. The third kappa shape index (κ3) is 5.38. The number of aromatic nitrogens is 2. The first-order valence-electron chi connectivity index (χ1n) is 6.61. The van der Waals surface area contributed by atoms with Crippen molar-refractivity contribution >= 4 is 5.97 Å². The van der Waals surface area contributed by atoms with Crippen LogP contribution < -0.4 is 0 Å². The van der Waals surface area contributed by atoms with E-state index < -0.39 is 5.97 Å². The first-order chi connectivity index (χ1) is 8.82. The number of nitrogens with zero attached hydrogens (tertiary/aromatic N) is 3. The Balaban J connectivity index is 2.67. The maximum atomic E-state index is 10.7. The van der Waals surface area contributed by atoms with E-state index in [0.717, 1.165) is 12.8 Å². The van der Waals surface area contributed by atoms with E-state index in [2.05, 4.69) is 17.1 Å². The SMILES string of the molecule is CCCc1nc(CN(CCC(=O)O)C(C)(C)C)no1. The van der Waals surface area contributed by atoms with Gasteiger partial charge in [-0.05, 0) is 27.2 Å². The fourth-order valence-electron chi connectivity index (χ4n) is 1.72. The molecule has 0 radical (unpaired) electrons. The summed E-state index contributed by atoms with van der Waals surface area (Å²) in [6, 6.07) is 0. The van der Waals surface area contributed by atoms with Crippen molar-refractivity contribution in [3.8, 4) is 0 Å². The minimum atomic E-state index is -0.797. The van der Waals surface area contributed by atoms with Crippen molar-refractivity contribution < 1.29 is 14.4 Å². The van der Waals surface area contributed by atoms with Crippen LogP contribution in [0.1, 0.15) is 52.3 Å². The number of hydrogen-bond donors (Lipinski definition) is 1. The highest BCUT2D eigenvalue weighted by atomic mass is 16.5. The van der Waals surface area contributed by atoms with Crippen LogP contribution in [0, 0.1) is 0 Å². The quantitative estimate of drug-likeness (QED) is 0.816. The van der Waals surface area contributed by atoms with Crippen LogP contribution in [0.25, 0.3) is 0 Å². The first-order valence-corrected chi connectivity index (χ1v) is 6.61. The Bertz CT molecular complexity index is 410. The van der Waals surface area contributed by atoms with Crippen molar-refractivity contribution in [3.63, 3.8) is 0 Å². The van der Waals surface area contributed by atoms with Crippen LogP contribution in [-0.4, -0.2) is 38.2 Å². The zero-order valence-electron chi connectivity index (χ0n) is 12.1. The third-order valence-corrected chi connectivity index (χ3v) is 2.85. The molecule has 1 rings (SSSR count). The van der Waals surface area contributed by atoms with E-state index in [1.54, 1.807) is 0 Å². The number of aliphatic carboxylic acids is 1. The molecule has 0 aromatic carbocycles. The predicted molar refractivity (Wildman–Crippen MR) is 70.7 cm³/mol. The van der Waals surface area contributed by atoms with Crippen molar-refractivity contribution in [2.45, 2.75) is 59.0 Å². The molecule has 0 atom stereocenters. The number of aryl methyl sites for hydroxylation is 1. The minimum absolute atomic E-state index is 0.108. The third-order valence-electron chi connectivity index (χ3n) is 2.85. The first kappa shape index (κ1) is 15.6. The number of rotatable bonds is 7. The number of carboxylic acids is 1. The molecule has 1 aromatic heterocycles. The molecule has 0 aliphatic carbocycles. The van der Waals surface area contributed by atoms with E-state index >= 15 is 0 Å². The van der Waals surface area contributed by atoms with Gasteiger partial charge in [-0.15, -0.1) is 0 Å². The highest BCUT2D eigenvalue weighted by molar-refractivity contribution is 5.66. The molecule has 0 saturated heterocycles. The molecule has 0 unspecified atom stereocenters. The summed E-state index contributed by atoms with van der Waals surface area (Å²) in [4.78, 5) is 17.1. The number of hydrogen-bond acceptors (Lipinski definition) is 5. The molecule has 19 heavy (non-hydrogen) atoms. The molecule has 0 bridgehead atoms. The predicted octanol–water partition coefficient (Wildman–Crippen LogP) is 2.10. The average molecular weight is 269 g/mol. The molecule has 1 aromatic rings. The second-order valence-electron chi connectivity index (χ2n) is 5.59. The summed E-state index contributed by atoms with van der Waals surface area (Å²) in [5, 5.41) is 12.7. The molecular weight excluding hydrogens is 246 g/mol. The largest absolute Gasteiger partial charge is 0.481 e. The molecule has 1 heterocycles. The monoisotopic (exact) mass is 269 g/mol. The van der Waals surface area contributed by atoms with Gasteiger partial charge >= 0.3 is 5.97 Å². The number of carbonyl (C=O) groups is 1. The smallest absolute Gasteiger partial charge is 0.304 e. The van der Waals surface area contributed by atoms with Crippen LogP contribution in [0.15, 0.2) is 4.52 Å². The van der Waals surface area contributed by atoms with E-state index in [-0.39, 0.29) is 12.0 Å². The molecule has 0 fully saturated rings. The molecular formula is C13H23N3O3. The average Bonchev–Trinajstić information content (AvgIpc) is 2.70. The Hall–Kier alpha value is -1.43. The summed E-state index contributed by atoms with van der Waals surface area (Å²) in [6.45, 7) is 9.16. The zero-order chi connectivity index (χ0) is 14.5. The van der Waals surface area contributed by atoms with Crippen LogP contribution in [0.3, 0.4) is 0 Å². The van der Waals surface area contributed by atoms with Gasteiger partial charge in [0.05, 0.1) is 13.0 Å². The normalized spacial score (nSPS) is 12.1. The van der Waals surface area contributed by atoms with Gasteiger partial charge in [0, 0.05) is 18.5 Å². The Morgan fingerprint density at radius 2 is 2.11 bits per heavy atom. The topological polar surface area (TPSA) is 79.5 Å². The summed E-state index contributed by atoms with van der Waals surface area (Å²) in [7, 11) is 0. The molecule has 0 saturated carbocycles. The lowest BCUT2D eigenvalue weighted by atomic mass is 10.1. The molecule has 0 amide bonds. The molecule has 0 aliphatic rings.